The number of aromatic nitrogens is 3. The summed E-state index contributed by atoms with van der Waals surface area (Å²) in [6.45, 7) is 7.63. The van der Waals surface area contributed by atoms with E-state index in [0.717, 1.165) is 60.8 Å². The summed E-state index contributed by atoms with van der Waals surface area (Å²) >= 11 is 0. The molecule has 2 unspecified atom stereocenters. The molecule has 1 amide bonds. The van der Waals surface area contributed by atoms with E-state index >= 15 is 0 Å². The second-order valence-corrected chi connectivity index (χ2v) is 11.5. The molecular weight excluding hydrogens is 476 g/mol. The van der Waals surface area contributed by atoms with Crippen LogP contribution in [0.4, 0.5) is 5.69 Å². The number of pyridine rings is 1. The summed E-state index contributed by atoms with van der Waals surface area (Å²) in [5, 5.41) is 6.35. The molecule has 0 spiro atoms. The lowest BCUT2D eigenvalue weighted by Crippen LogP contribution is -2.44. The van der Waals surface area contributed by atoms with Crippen LogP contribution in [0.25, 0.3) is 11.0 Å². The Morgan fingerprint density at radius 2 is 1.82 bits per heavy atom. The highest BCUT2D eigenvalue weighted by Crippen LogP contribution is 2.32. The first kappa shape index (κ1) is 27.8. The van der Waals surface area contributed by atoms with Gasteiger partial charge in [-0.25, -0.2) is 4.98 Å². The molecule has 38 heavy (non-hydrogen) atoms. The van der Waals surface area contributed by atoms with Gasteiger partial charge in [0.2, 0.25) is 5.91 Å². The van der Waals surface area contributed by atoms with E-state index in [-0.39, 0.29) is 23.4 Å². The predicted molar refractivity (Wildman–Crippen MR) is 152 cm³/mol. The van der Waals surface area contributed by atoms with Crippen molar-refractivity contribution in [3.63, 3.8) is 0 Å². The quantitative estimate of drug-likeness (QED) is 0.405. The number of benzene rings is 1. The zero-order chi connectivity index (χ0) is 27.1. The largest absolute Gasteiger partial charge is 0.359 e. The molecule has 204 valence electrons. The van der Waals surface area contributed by atoms with Crippen LogP contribution in [-0.2, 0) is 15.0 Å². The summed E-state index contributed by atoms with van der Waals surface area (Å²) < 4.78 is 0. The molecule has 2 aromatic heterocycles. The molecule has 3 N–H and O–H groups in total. The van der Waals surface area contributed by atoms with Gasteiger partial charge in [-0.15, -0.1) is 0 Å². The van der Waals surface area contributed by atoms with Gasteiger partial charge in [0.05, 0.1) is 29.6 Å². The van der Waals surface area contributed by atoms with Crippen LogP contribution in [-0.4, -0.2) is 52.8 Å². The summed E-state index contributed by atoms with van der Waals surface area (Å²) in [6.07, 6.45) is 14.1. The third kappa shape index (κ3) is 6.78. The summed E-state index contributed by atoms with van der Waals surface area (Å²) in [6, 6.07) is 8.39. The lowest BCUT2D eigenvalue weighted by atomic mass is 9.87. The zero-order valence-electron chi connectivity index (χ0n) is 23.2. The average molecular weight is 519 g/mol. The summed E-state index contributed by atoms with van der Waals surface area (Å²) in [5.74, 6) is 0.00611. The Bertz CT molecular complexity index is 1190. The highest BCUT2D eigenvalue weighted by molar-refractivity contribution is 5.91. The third-order valence-corrected chi connectivity index (χ3v) is 7.64. The van der Waals surface area contributed by atoms with E-state index in [4.69, 9.17) is 0 Å². The predicted octanol–water partition coefficient (Wildman–Crippen LogP) is 4.82. The Balaban J connectivity index is 0.000000417. The van der Waals surface area contributed by atoms with Gasteiger partial charge in [0.25, 0.3) is 0 Å². The molecule has 2 atom stereocenters. The van der Waals surface area contributed by atoms with Crippen LogP contribution in [0.15, 0.2) is 43.0 Å². The smallest absolute Gasteiger partial charge is 0.247 e. The van der Waals surface area contributed by atoms with Crippen molar-refractivity contribution in [3.8, 4) is 0 Å². The van der Waals surface area contributed by atoms with Crippen molar-refractivity contribution in [1.82, 2.24) is 25.6 Å². The molecule has 1 saturated carbocycles. The van der Waals surface area contributed by atoms with Gasteiger partial charge in [-0.2, -0.15) is 0 Å². The second-order valence-electron chi connectivity index (χ2n) is 11.5. The number of amides is 1. The molecule has 3 aromatic rings. The first-order valence-electron chi connectivity index (χ1n) is 13.9. The molecule has 8 heteroatoms. The normalized spacial score (nSPS) is 18.9. The number of anilines is 1. The number of carbonyl (C=O) groups excluding carboxylic acids is 2. The number of carbonyl (C=O) groups is 2. The van der Waals surface area contributed by atoms with Crippen LogP contribution in [0.5, 0.6) is 0 Å². The van der Waals surface area contributed by atoms with Crippen molar-refractivity contribution in [3.05, 3.63) is 54.1 Å². The number of likely N-dealkylation sites (N-methyl/N-ethyl adjacent to an activating group) is 1. The number of aromatic amines is 1. The first-order valence-corrected chi connectivity index (χ1v) is 13.9. The Kier molecular flexibility index (Phi) is 9.15. The van der Waals surface area contributed by atoms with Gasteiger partial charge >= 0.3 is 0 Å². The van der Waals surface area contributed by atoms with Crippen LogP contribution in [0.1, 0.15) is 82.9 Å². The van der Waals surface area contributed by atoms with Crippen LogP contribution >= 0.6 is 0 Å². The Morgan fingerprint density at radius 1 is 1.08 bits per heavy atom. The van der Waals surface area contributed by atoms with Gasteiger partial charge in [-0.05, 0) is 55.3 Å². The van der Waals surface area contributed by atoms with Crippen LogP contribution in [0.3, 0.4) is 0 Å². The van der Waals surface area contributed by atoms with E-state index in [2.05, 4.69) is 70.6 Å². The van der Waals surface area contributed by atoms with Gasteiger partial charge < -0.3 is 25.3 Å². The number of hydrogen-bond acceptors (Lipinski definition) is 6. The average Bonchev–Trinajstić information content (AvgIpc) is 3.62. The van der Waals surface area contributed by atoms with Gasteiger partial charge in [0.15, 0.2) is 0 Å². The number of H-pyrrole nitrogens is 1. The van der Waals surface area contributed by atoms with E-state index in [9.17, 15) is 9.59 Å². The van der Waals surface area contributed by atoms with Crippen molar-refractivity contribution < 1.29 is 9.59 Å². The number of rotatable bonds is 6. The molecule has 2 fully saturated rings. The van der Waals surface area contributed by atoms with Gasteiger partial charge in [0, 0.05) is 30.5 Å². The second kappa shape index (κ2) is 12.5. The van der Waals surface area contributed by atoms with Crippen LogP contribution in [0.2, 0.25) is 0 Å². The summed E-state index contributed by atoms with van der Waals surface area (Å²) in [4.78, 5) is 37.6. The number of nitrogens with zero attached hydrogens (tertiary/aromatic N) is 3. The van der Waals surface area contributed by atoms with Crippen molar-refractivity contribution in [2.24, 2.45) is 0 Å². The van der Waals surface area contributed by atoms with Gasteiger partial charge in [0.1, 0.15) is 12.3 Å². The van der Waals surface area contributed by atoms with Crippen LogP contribution < -0.4 is 15.5 Å². The number of aldehydes is 1. The summed E-state index contributed by atoms with van der Waals surface area (Å²) in [5.41, 5.74) is 4.78. The highest BCUT2D eigenvalue weighted by Gasteiger charge is 2.30. The summed E-state index contributed by atoms with van der Waals surface area (Å²) in [7, 11) is 1.97. The number of imidazole rings is 1. The molecular formula is C30H42N6O2. The van der Waals surface area contributed by atoms with E-state index in [0.29, 0.717) is 0 Å². The molecule has 3 heterocycles. The minimum Gasteiger partial charge on any atom is -0.359 e. The molecule has 0 radical (unpaired) electrons. The molecule has 1 aliphatic carbocycles. The highest BCUT2D eigenvalue weighted by atomic mass is 16.2. The molecule has 1 saturated heterocycles. The van der Waals surface area contributed by atoms with E-state index in [1.54, 1.807) is 18.7 Å². The van der Waals surface area contributed by atoms with E-state index in [1.807, 2.05) is 11.9 Å². The topological polar surface area (TPSA) is 103 Å². The molecule has 5 rings (SSSR count). The number of nitrogens with one attached hydrogen (secondary N) is 3. The zero-order valence-corrected chi connectivity index (χ0v) is 23.2. The fourth-order valence-electron chi connectivity index (χ4n) is 5.31. The monoisotopic (exact) mass is 518 g/mol. The lowest BCUT2D eigenvalue weighted by Gasteiger charge is -2.32. The van der Waals surface area contributed by atoms with E-state index in [1.165, 1.54) is 24.8 Å². The van der Waals surface area contributed by atoms with Gasteiger partial charge in [-0.3, -0.25) is 9.78 Å². The molecule has 8 nitrogen and oxygen atoms in total. The first-order chi connectivity index (χ1) is 18.3. The maximum atomic E-state index is 13.6. The molecule has 0 bridgehead atoms. The minimum absolute atomic E-state index is 0.00611. The van der Waals surface area contributed by atoms with Crippen molar-refractivity contribution in [2.45, 2.75) is 89.3 Å². The van der Waals surface area contributed by atoms with Crippen molar-refractivity contribution in [1.29, 1.82) is 0 Å². The number of fused-ring (bicyclic) bond motifs is 1. The minimum atomic E-state index is -0.512. The fourth-order valence-corrected chi connectivity index (χ4v) is 5.31. The van der Waals surface area contributed by atoms with Gasteiger partial charge in [-0.1, -0.05) is 52.2 Å². The Hall–Kier alpha value is -3.26. The van der Waals surface area contributed by atoms with Crippen LogP contribution in [0, 0.1) is 0 Å². The third-order valence-electron chi connectivity index (χ3n) is 7.64. The fraction of sp³-hybridized carbons (Fsp3) is 0.533. The molecule has 1 aromatic carbocycles. The number of hydrogen-bond donors (Lipinski definition) is 3. The van der Waals surface area contributed by atoms with E-state index < -0.39 is 6.04 Å². The maximum Gasteiger partial charge on any atom is 0.247 e. The van der Waals surface area contributed by atoms with Crippen molar-refractivity contribution in [2.75, 3.05) is 18.5 Å². The maximum absolute atomic E-state index is 13.6. The molecule has 1 aliphatic heterocycles. The standard InChI is InChI=1S/C25H33N5O.C5H9NO/c1-25(2,3)17-10-12-19(13-11-17)30(4)23(24(31)29-18-8-6-5-7-9-18)20-14-26-15-21-22(20)28-16-27-21;7-4-5-2-1-3-6-5/h10-16,18,23H,5-9H2,1-4H3,(H,27,28)(H,29,31);4-6H,1-3H2. The SMILES string of the molecule is CN(c1ccc(C(C)(C)C)cc1)C(C(=O)NC1CCCCC1)c1cncc2[nH]cnc12.O=CC1CCCN1. The van der Waals surface area contributed by atoms with Crippen molar-refractivity contribution >= 4 is 28.9 Å². The molecule has 2 aliphatic rings. The Morgan fingerprint density at radius 3 is 2.42 bits per heavy atom. The lowest BCUT2D eigenvalue weighted by molar-refractivity contribution is -0.123. The Labute approximate surface area is 226 Å².